The zero-order valence-corrected chi connectivity index (χ0v) is 10.0. The SMILES string of the molecule is COCc1cccc(CNCCCCN)c1. The lowest BCUT2D eigenvalue weighted by Crippen LogP contribution is -2.15. The second-order valence-corrected chi connectivity index (χ2v) is 3.93. The van der Waals surface area contributed by atoms with E-state index in [0.29, 0.717) is 6.61 Å². The van der Waals surface area contributed by atoms with E-state index in [1.54, 1.807) is 7.11 Å². The van der Waals surface area contributed by atoms with Crippen LogP contribution in [-0.4, -0.2) is 20.2 Å². The summed E-state index contributed by atoms with van der Waals surface area (Å²) in [7, 11) is 1.72. The highest BCUT2D eigenvalue weighted by molar-refractivity contribution is 5.22. The normalized spacial score (nSPS) is 10.6. The van der Waals surface area contributed by atoms with Crippen molar-refractivity contribution < 1.29 is 4.74 Å². The minimum atomic E-state index is 0.682. The van der Waals surface area contributed by atoms with Crippen molar-refractivity contribution in [1.29, 1.82) is 0 Å². The van der Waals surface area contributed by atoms with Crippen LogP contribution in [0.5, 0.6) is 0 Å². The van der Waals surface area contributed by atoms with E-state index in [1.807, 2.05) is 0 Å². The number of nitrogens with two attached hydrogens (primary N) is 1. The molecule has 90 valence electrons. The molecule has 0 aliphatic heterocycles. The van der Waals surface area contributed by atoms with Crippen LogP contribution < -0.4 is 11.1 Å². The molecule has 0 bridgehead atoms. The molecule has 0 amide bonds. The van der Waals surface area contributed by atoms with Crippen LogP contribution in [0.4, 0.5) is 0 Å². The van der Waals surface area contributed by atoms with Gasteiger partial charge in [0.05, 0.1) is 6.61 Å². The molecule has 0 unspecified atom stereocenters. The molecule has 0 aliphatic carbocycles. The van der Waals surface area contributed by atoms with E-state index in [4.69, 9.17) is 10.5 Å². The summed E-state index contributed by atoms with van der Waals surface area (Å²) in [5, 5.41) is 3.41. The molecule has 0 fully saturated rings. The highest BCUT2D eigenvalue weighted by Crippen LogP contribution is 2.06. The Balaban J connectivity index is 2.27. The van der Waals surface area contributed by atoms with E-state index in [1.165, 1.54) is 11.1 Å². The Kier molecular flexibility index (Phi) is 6.81. The summed E-state index contributed by atoms with van der Waals surface area (Å²) in [6.07, 6.45) is 2.24. The van der Waals surface area contributed by atoms with Crippen molar-refractivity contribution >= 4 is 0 Å². The Bertz CT molecular complexity index is 289. The minimum Gasteiger partial charge on any atom is -0.380 e. The molecule has 1 rings (SSSR count). The molecule has 0 radical (unpaired) electrons. The summed E-state index contributed by atoms with van der Waals surface area (Å²) >= 11 is 0. The number of benzene rings is 1. The van der Waals surface area contributed by atoms with E-state index in [-0.39, 0.29) is 0 Å². The second-order valence-electron chi connectivity index (χ2n) is 3.93. The number of nitrogens with one attached hydrogen (secondary N) is 1. The van der Waals surface area contributed by atoms with Crippen molar-refractivity contribution in [2.75, 3.05) is 20.2 Å². The van der Waals surface area contributed by atoms with Crippen LogP contribution in [-0.2, 0) is 17.9 Å². The molecule has 0 heterocycles. The molecule has 3 nitrogen and oxygen atoms in total. The first-order chi connectivity index (χ1) is 7.86. The summed E-state index contributed by atoms with van der Waals surface area (Å²) in [5.41, 5.74) is 7.97. The molecule has 0 aliphatic rings. The van der Waals surface area contributed by atoms with Crippen LogP contribution in [0.2, 0.25) is 0 Å². The molecule has 0 atom stereocenters. The second kappa shape index (κ2) is 8.28. The number of ether oxygens (including phenoxy) is 1. The number of rotatable bonds is 8. The van der Waals surface area contributed by atoms with Crippen molar-refractivity contribution in [3.8, 4) is 0 Å². The van der Waals surface area contributed by atoms with E-state index in [2.05, 4.69) is 29.6 Å². The van der Waals surface area contributed by atoms with Gasteiger partial charge >= 0.3 is 0 Å². The van der Waals surface area contributed by atoms with E-state index >= 15 is 0 Å². The molecule has 0 spiro atoms. The van der Waals surface area contributed by atoms with Gasteiger partial charge in [0.1, 0.15) is 0 Å². The molecular formula is C13H22N2O. The maximum Gasteiger partial charge on any atom is 0.0713 e. The van der Waals surface area contributed by atoms with Crippen molar-refractivity contribution in [2.45, 2.75) is 26.0 Å². The van der Waals surface area contributed by atoms with Crippen LogP contribution in [0.15, 0.2) is 24.3 Å². The third-order valence-corrected chi connectivity index (χ3v) is 2.44. The molecule has 16 heavy (non-hydrogen) atoms. The van der Waals surface area contributed by atoms with Crippen molar-refractivity contribution in [2.24, 2.45) is 5.73 Å². The highest BCUT2D eigenvalue weighted by Gasteiger charge is 1.95. The monoisotopic (exact) mass is 222 g/mol. The topological polar surface area (TPSA) is 47.3 Å². The molecule has 3 heteroatoms. The van der Waals surface area contributed by atoms with Gasteiger partial charge in [-0.3, -0.25) is 0 Å². The lowest BCUT2D eigenvalue weighted by Gasteiger charge is -2.06. The van der Waals surface area contributed by atoms with Gasteiger partial charge < -0.3 is 15.8 Å². The zero-order chi connectivity index (χ0) is 11.6. The van der Waals surface area contributed by atoms with Gasteiger partial charge in [-0.2, -0.15) is 0 Å². The molecule has 0 aromatic heterocycles. The van der Waals surface area contributed by atoms with Gasteiger partial charge in [-0.15, -0.1) is 0 Å². The number of hydrogen-bond donors (Lipinski definition) is 2. The first-order valence-electron chi connectivity index (χ1n) is 5.84. The summed E-state index contributed by atoms with van der Waals surface area (Å²) in [6.45, 7) is 3.42. The number of methoxy groups -OCH3 is 1. The summed E-state index contributed by atoms with van der Waals surface area (Å²) < 4.78 is 5.11. The van der Waals surface area contributed by atoms with Crippen LogP contribution in [0.3, 0.4) is 0 Å². The summed E-state index contributed by atoms with van der Waals surface area (Å²) in [6, 6.07) is 8.47. The van der Waals surface area contributed by atoms with Gasteiger partial charge in [0.15, 0.2) is 0 Å². The van der Waals surface area contributed by atoms with Crippen LogP contribution >= 0.6 is 0 Å². The molecule has 1 aromatic rings. The molecule has 1 aromatic carbocycles. The van der Waals surface area contributed by atoms with Crippen molar-refractivity contribution in [1.82, 2.24) is 5.32 Å². The summed E-state index contributed by atoms with van der Waals surface area (Å²) in [5.74, 6) is 0. The molecular weight excluding hydrogens is 200 g/mol. The quantitative estimate of drug-likeness (QED) is 0.658. The van der Waals surface area contributed by atoms with Crippen LogP contribution in [0.1, 0.15) is 24.0 Å². The molecule has 3 N–H and O–H groups in total. The highest BCUT2D eigenvalue weighted by atomic mass is 16.5. The third-order valence-electron chi connectivity index (χ3n) is 2.44. The predicted octanol–water partition coefficient (Wildman–Crippen LogP) is 1.66. The predicted molar refractivity (Wildman–Crippen MR) is 67.2 cm³/mol. The van der Waals surface area contributed by atoms with Crippen molar-refractivity contribution in [3.63, 3.8) is 0 Å². The third kappa shape index (κ3) is 5.26. The summed E-state index contributed by atoms with van der Waals surface area (Å²) in [4.78, 5) is 0. The largest absolute Gasteiger partial charge is 0.380 e. The fraction of sp³-hybridized carbons (Fsp3) is 0.538. The first kappa shape index (κ1) is 13.2. The Hall–Kier alpha value is -0.900. The fourth-order valence-corrected chi connectivity index (χ4v) is 1.62. The Morgan fingerprint density at radius 3 is 2.81 bits per heavy atom. The fourth-order valence-electron chi connectivity index (χ4n) is 1.62. The Labute approximate surface area is 98.0 Å². The lowest BCUT2D eigenvalue weighted by atomic mass is 10.1. The Morgan fingerprint density at radius 1 is 1.25 bits per heavy atom. The van der Waals surface area contributed by atoms with Gasteiger partial charge in [0.2, 0.25) is 0 Å². The van der Waals surface area contributed by atoms with E-state index in [9.17, 15) is 0 Å². The van der Waals surface area contributed by atoms with E-state index in [0.717, 1.165) is 32.5 Å². The smallest absolute Gasteiger partial charge is 0.0713 e. The van der Waals surface area contributed by atoms with Gasteiger partial charge in [-0.05, 0) is 37.1 Å². The van der Waals surface area contributed by atoms with Crippen LogP contribution in [0, 0.1) is 0 Å². The van der Waals surface area contributed by atoms with Gasteiger partial charge in [-0.25, -0.2) is 0 Å². The first-order valence-corrected chi connectivity index (χ1v) is 5.84. The van der Waals surface area contributed by atoms with Crippen LogP contribution in [0.25, 0.3) is 0 Å². The van der Waals surface area contributed by atoms with E-state index < -0.39 is 0 Å². The lowest BCUT2D eigenvalue weighted by molar-refractivity contribution is 0.185. The average Bonchev–Trinajstić information content (AvgIpc) is 2.30. The molecule has 0 saturated carbocycles. The van der Waals surface area contributed by atoms with Gasteiger partial charge in [0, 0.05) is 13.7 Å². The standard InChI is InChI=1S/C13H22N2O/c1-16-11-13-6-4-5-12(9-13)10-15-8-3-2-7-14/h4-6,9,15H,2-3,7-8,10-11,14H2,1H3. The Morgan fingerprint density at radius 2 is 2.06 bits per heavy atom. The zero-order valence-electron chi connectivity index (χ0n) is 10.0. The van der Waals surface area contributed by atoms with Gasteiger partial charge in [-0.1, -0.05) is 24.3 Å². The minimum absolute atomic E-state index is 0.682. The van der Waals surface area contributed by atoms with Crippen molar-refractivity contribution in [3.05, 3.63) is 35.4 Å². The molecule has 0 saturated heterocycles. The number of hydrogen-bond acceptors (Lipinski definition) is 3. The maximum atomic E-state index is 5.43. The average molecular weight is 222 g/mol. The van der Waals surface area contributed by atoms with Gasteiger partial charge in [0.25, 0.3) is 0 Å². The number of unbranched alkanes of at least 4 members (excludes halogenated alkanes) is 1. The maximum absolute atomic E-state index is 5.43.